The second-order valence-corrected chi connectivity index (χ2v) is 7.32. The third kappa shape index (κ3) is 5.68. The van der Waals surface area contributed by atoms with Crippen molar-refractivity contribution >= 4 is 59.7 Å². The van der Waals surface area contributed by atoms with Crippen LogP contribution in [0.15, 0.2) is 48.5 Å². The molecule has 32 heavy (non-hydrogen) atoms. The third-order valence-corrected chi connectivity index (χ3v) is 5.37. The van der Waals surface area contributed by atoms with Gasteiger partial charge in [0.25, 0.3) is 5.91 Å². The Morgan fingerprint density at radius 3 is 2.28 bits per heavy atom. The lowest BCUT2D eigenvalue weighted by atomic mass is 10.1. The minimum atomic E-state index is -0.00486. The van der Waals surface area contributed by atoms with E-state index in [1.807, 2.05) is 60.7 Å². The van der Waals surface area contributed by atoms with E-state index in [4.69, 9.17) is 5.73 Å². The van der Waals surface area contributed by atoms with Crippen molar-refractivity contribution in [3.8, 4) is 0 Å². The first-order valence-corrected chi connectivity index (χ1v) is 10.1. The molecule has 2 aromatic carbocycles. The number of piperazine rings is 1. The van der Waals surface area contributed by atoms with Crippen molar-refractivity contribution in [1.29, 1.82) is 0 Å². The number of benzene rings is 2. The van der Waals surface area contributed by atoms with Crippen LogP contribution in [0.2, 0.25) is 0 Å². The molecular formula is C23H27Cl2N5O2. The van der Waals surface area contributed by atoms with E-state index in [0.717, 1.165) is 22.2 Å². The summed E-state index contributed by atoms with van der Waals surface area (Å²) in [6, 6.07) is 15.5. The molecule has 0 bridgehead atoms. The topological polar surface area (TPSA) is 95.3 Å². The molecule has 2 heterocycles. The Balaban J connectivity index is 0.00000181. The Morgan fingerprint density at radius 1 is 0.938 bits per heavy atom. The Morgan fingerprint density at radius 2 is 1.59 bits per heavy atom. The molecule has 3 aromatic rings. The molecule has 0 atom stereocenters. The highest BCUT2D eigenvalue weighted by atomic mass is 35.5. The number of aromatic amines is 1. The van der Waals surface area contributed by atoms with Crippen LogP contribution in [-0.2, 0) is 4.79 Å². The number of para-hydroxylation sites is 1. The van der Waals surface area contributed by atoms with Gasteiger partial charge in [-0.3, -0.25) is 14.7 Å². The van der Waals surface area contributed by atoms with Crippen molar-refractivity contribution in [2.24, 2.45) is 5.73 Å². The van der Waals surface area contributed by atoms with Gasteiger partial charge in [-0.15, -0.1) is 24.8 Å². The zero-order valence-corrected chi connectivity index (χ0v) is 19.2. The molecule has 0 unspecified atom stereocenters. The van der Waals surface area contributed by atoms with Gasteiger partial charge >= 0.3 is 0 Å². The predicted molar refractivity (Wildman–Crippen MR) is 132 cm³/mol. The minimum absolute atomic E-state index is 0. The molecule has 7 nitrogen and oxygen atoms in total. The maximum atomic E-state index is 12.8. The molecule has 3 N–H and O–H groups in total. The molecule has 1 aliphatic heterocycles. The third-order valence-electron chi connectivity index (χ3n) is 5.37. The van der Waals surface area contributed by atoms with Crippen LogP contribution in [0.4, 0.5) is 0 Å². The summed E-state index contributed by atoms with van der Waals surface area (Å²) < 4.78 is 0. The molecule has 0 saturated carbocycles. The largest absolute Gasteiger partial charge is 0.339 e. The number of hydrogen-bond acceptors (Lipinski definition) is 4. The average Bonchev–Trinajstić information content (AvgIpc) is 3.21. The molecule has 0 aliphatic carbocycles. The summed E-state index contributed by atoms with van der Waals surface area (Å²) in [7, 11) is 0. The lowest BCUT2D eigenvalue weighted by molar-refractivity contribution is -0.132. The lowest BCUT2D eigenvalue weighted by Crippen LogP contribution is -2.50. The number of nitrogens with two attached hydrogens (primary N) is 1. The van der Waals surface area contributed by atoms with Crippen molar-refractivity contribution < 1.29 is 9.59 Å². The minimum Gasteiger partial charge on any atom is -0.339 e. The quantitative estimate of drug-likeness (QED) is 0.591. The number of rotatable bonds is 5. The number of amides is 2. The summed E-state index contributed by atoms with van der Waals surface area (Å²) >= 11 is 0. The van der Waals surface area contributed by atoms with Crippen LogP contribution in [0, 0.1) is 0 Å². The Bertz CT molecular complexity index is 1070. The zero-order valence-electron chi connectivity index (χ0n) is 17.6. The average molecular weight is 476 g/mol. The Hall–Kier alpha value is -2.87. The molecular weight excluding hydrogens is 449 g/mol. The van der Waals surface area contributed by atoms with Gasteiger partial charge in [0.1, 0.15) is 0 Å². The number of carbonyl (C=O) groups excluding carboxylic acids is 2. The first-order valence-electron chi connectivity index (χ1n) is 10.1. The fraction of sp³-hybridized carbons (Fsp3) is 0.261. The van der Waals surface area contributed by atoms with Gasteiger partial charge in [0.05, 0.1) is 11.2 Å². The number of hydrogen-bond donors (Lipinski definition) is 2. The summed E-state index contributed by atoms with van der Waals surface area (Å²) in [6.45, 7) is 2.56. The van der Waals surface area contributed by atoms with E-state index < -0.39 is 0 Å². The van der Waals surface area contributed by atoms with E-state index in [9.17, 15) is 9.59 Å². The summed E-state index contributed by atoms with van der Waals surface area (Å²) in [6.07, 6.45) is 4.31. The SMILES string of the molecule is Cl.Cl.NCCC(=O)N1CCN(C(=O)c2ccc(/C=C/c3n[nH]c4ccccc34)cc2)CC1. The van der Waals surface area contributed by atoms with Crippen LogP contribution in [0.1, 0.15) is 28.0 Å². The van der Waals surface area contributed by atoms with Gasteiger partial charge in [0.2, 0.25) is 5.91 Å². The van der Waals surface area contributed by atoms with Gasteiger partial charge in [-0.05, 0) is 29.8 Å². The zero-order chi connectivity index (χ0) is 20.9. The fourth-order valence-corrected chi connectivity index (χ4v) is 3.65. The van der Waals surface area contributed by atoms with Crippen molar-refractivity contribution in [1.82, 2.24) is 20.0 Å². The molecule has 1 aromatic heterocycles. The van der Waals surface area contributed by atoms with E-state index in [2.05, 4.69) is 10.2 Å². The molecule has 1 aliphatic rings. The van der Waals surface area contributed by atoms with Crippen LogP contribution in [-0.4, -0.2) is 64.5 Å². The molecule has 4 rings (SSSR count). The van der Waals surface area contributed by atoms with Crippen molar-refractivity contribution in [2.45, 2.75) is 6.42 Å². The summed E-state index contributed by atoms with van der Waals surface area (Å²) in [5.74, 6) is 0.0557. The van der Waals surface area contributed by atoms with Crippen LogP contribution < -0.4 is 5.73 Å². The number of carbonyl (C=O) groups is 2. The molecule has 170 valence electrons. The highest BCUT2D eigenvalue weighted by Crippen LogP contribution is 2.18. The molecule has 1 fully saturated rings. The normalized spacial score (nSPS) is 13.7. The second-order valence-electron chi connectivity index (χ2n) is 7.32. The number of nitrogens with one attached hydrogen (secondary N) is 1. The monoisotopic (exact) mass is 475 g/mol. The van der Waals surface area contributed by atoms with Gasteiger partial charge in [-0.25, -0.2) is 0 Å². The van der Waals surface area contributed by atoms with Crippen LogP contribution >= 0.6 is 24.8 Å². The number of nitrogens with zero attached hydrogens (tertiary/aromatic N) is 3. The molecule has 0 spiro atoms. The Kier molecular flexibility index (Phi) is 9.26. The van der Waals surface area contributed by atoms with E-state index in [1.54, 1.807) is 9.80 Å². The molecule has 0 radical (unpaired) electrons. The highest BCUT2D eigenvalue weighted by Gasteiger charge is 2.24. The van der Waals surface area contributed by atoms with Gasteiger partial charge in [0, 0.05) is 50.1 Å². The van der Waals surface area contributed by atoms with E-state index in [0.29, 0.717) is 44.7 Å². The predicted octanol–water partition coefficient (Wildman–Crippen LogP) is 3.21. The summed E-state index contributed by atoms with van der Waals surface area (Å²) in [5, 5.41) is 8.43. The van der Waals surface area contributed by atoms with Gasteiger partial charge in [-0.1, -0.05) is 36.4 Å². The fourth-order valence-electron chi connectivity index (χ4n) is 3.65. The number of H-pyrrole nitrogens is 1. The highest BCUT2D eigenvalue weighted by molar-refractivity contribution is 5.95. The van der Waals surface area contributed by atoms with Gasteiger partial charge in [0.15, 0.2) is 0 Å². The lowest BCUT2D eigenvalue weighted by Gasteiger charge is -2.34. The van der Waals surface area contributed by atoms with Crippen LogP contribution in [0.25, 0.3) is 23.1 Å². The smallest absolute Gasteiger partial charge is 0.253 e. The van der Waals surface area contributed by atoms with E-state index in [-0.39, 0.29) is 36.6 Å². The van der Waals surface area contributed by atoms with Crippen molar-refractivity contribution in [2.75, 3.05) is 32.7 Å². The first-order chi connectivity index (χ1) is 14.7. The van der Waals surface area contributed by atoms with Gasteiger partial charge in [-0.2, -0.15) is 5.10 Å². The Labute approximate surface area is 199 Å². The number of fused-ring (bicyclic) bond motifs is 1. The molecule has 1 saturated heterocycles. The van der Waals surface area contributed by atoms with Crippen LogP contribution in [0.5, 0.6) is 0 Å². The van der Waals surface area contributed by atoms with E-state index >= 15 is 0 Å². The van der Waals surface area contributed by atoms with Gasteiger partial charge < -0.3 is 15.5 Å². The van der Waals surface area contributed by atoms with Crippen molar-refractivity contribution in [3.05, 3.63) is 65.4 Å². The van der Waals surface area contributed by atoms with Crippen molar-refractivity contribution in [3.63, 3.8) is 0 Å². The standard InChI is InChI=1S/C23H25N5O2.2ClH/c24-12-11-22(29)27-13-15-28(16-14-27)23(30)18-8-5-17(6-9-18)7-10-21-19-3-1-2-4-20(19)25-26-21;;/h1-10H,11-16,24H2,(H,25,26);2*1H/b10-7+;;. The number of aromatic nitrogens is 2. The maximum absolute atomic E-state index is 12.8. The van der Waals surface area contributed by atoms with Crippen LogP contribution in [0.3, 0.4) is 0 Å². The van der Waals surface area contributed by atoms with E-state index in [1.165, 1.54) is 0 Å². The first kappa shape index (κ1) is 25.4. The summed E-state index contributed by atoms with van der Waals surface area (Å²) in [5.41, 5.74) is 8.98. The maximum Gasteiger partial charge on any atom is 0.253 e. The second kappa shape index (κ2) is 11.7. The molecule has 9 heteroatoms. The summed E-state index contributed by atoms with van der Waals surface area (Å²) in [4.78, 5) is 28.3. The molecule has 2 amide bonds. The number of halogens is 2.